The molecule has 0 aromatic heterocycles. The monoisotopic (exact) mass is 459 g/mol. The molecule has 31 heavy (non-hydrogen) atoms. The number of benzene rings is 3. The minimum Gasteiger partial charge on any atom is -0.489 e. The van der Waals surface area contributed by atoms with Crippen LogP contribution in [-0.2, 0) is 16.2 Å². The summed E-state index contributed by atoms with van der Waals surface area (Å²) >= 11 is 11.9. The van der Waals surface area contributed by atoms with Gasteiger partial charge in [0.25, 0.3) is 0 Å². The van der Waals surface area contributed by atoms with Crippen LogP contribution in [0.15, 0.2) is 71.8 Å². The average molecular weight is 460 g/mol. The highest BCUT2D eigenvalue weighted by atomic mass is 35.5. The first-order chi connectivity index (χ1) is 14.9. The third-order valence-electron chi connectivity index (χ3n) is 3.96. The van der Waals surface area contributed by atoms with Crippen LogP contribution in [0.25, 0.3) is 0 Å². The Hall–Kier alpha value is -3.42. The normalized spacial score (nSPS) is 10.7. The quantitative estimate of drug-likeness (QED) is 0.315. The first kappa shape index (κ1) is 22.3. The Morgan fingerprint density at radius 3 is 2.55 bits per heavy atom. The fraction of sp³-hybridized carbons (Fsp3) is 0.0455. The molecule has 2 amide bonds. The van der Waals surface area contributed by atoms with Crippen LogP contribution < -0.4 is 15.5 Å². The summed E-state index contributed by atoms with van der Waals surface area (Å²) in [4.78, 5) is 23.6. The number of carbonyl (C=O) groups is 2. The van der Waals surface area contributed by atoms with Gasteiger partial charge in [0, 0.05) is 0 Å². The summed E-state index contributed by atoms with van der Waals surface area (Å²) in [5, 5.41) is 6.82. The molecule has 0 saturated carbocycles. The van der Waals surface area contributed by atoms with Crippen molar-refractivity contribution in [2.24, 2.45) is 5.10 Å². The van der Waals surface area contributed by atoms with Crippen molar-refractivity contribution >= 4 is 46.9 Å². The van der Waals surface area contributed by atoms with Crippen LogP contribution in [0.3, 0.4) is 0 Å². The van der Waals surface area contributed by atoms with E-state index < -0.39 is 17.6 Å². The van der Waals surface area contributed by atoms with E-state index in [1.807, 2.05) is 0 Å². The molecule has 0 atom stereocenters. The van der Waals surface area contributed by atoms with Crippen LogP contribution in [0.4, 0.5) is 10.1 Å². The summed E-state index contributed by atoms with van der Waals surface area (Å²) in [6.45, 7) is 0.282. The molecule has 3 aromatic rings. The molecule has 0 saturated heterocycles. The molecule has 0 heterocycles. The lowest BCUT2D eigenvalue weighted by Crippen LogP contribution is -2.32. The lowest BCUT2D eigenvalue weighted by Gasteiger charge is -2.08. The van der Waals surface area contributed by atoms with Gasteiger partial charge in [-0.2, -0.15) is 5.10 Å². The van der Waals surface area contributed by atoms with E-state index in [1.54, 1.807) is 42.5 Å². The molecule has 3 rings (SSSR count). The van der Waals surface area contributed by atoms with Crippen molar-refractivity contribution in [2.45, 2.75) is 6.61 Å². The molecule has 0 bridgehead atoms. The van der Waals surface area contributed by atoms with Crippen LogP contribution in [-0.4, -0.2) is 18.0 Å². The van der Waals surface area contributed by atoms with Gasteiger partial charge in [-0.25, -0.2) is 9.82 Å². The summed E-state index contributed by atoms with van der Waals surface area (Å²) in [5.74, 6) is -2.16. The lowest BCUT2D eigenvalue weighted by atomic mass is 10.2. The Morgan fingerprint density at radius 1 is 0.968 bits per heavy atom. The van der Waals surface area contributed by atoms with Crippen molar-refractivity contribution < 1.29 is 18.7 Å². The van der Waals surface area contributed by atoms with Crippen molar-refractivity contribution in [3.05, 3.63) is 93.7 Å². The maximum absolute atomic E-state index is 13.5. The minimum atomic E-state index is -1.04. The van der Waals surface area contributed by atoms with E-state index in [0.29, 0.717) is 21.4 Å². The Bertz CT molecular complexity index is 1140. The number of hydrazone groups is 1. The molecule has 0 aliphatic carbocycles. The first-order valence-corrected chi connectivity index (χ1v) is 9.73. The van der Waals surface area contributed by atoms with Gasteiger partial charge in [-0.3, -0.25) is 9.59 Å². The highest BCUT2D eigenvalue weighted by molar-refractivity contribution is 6.42. The zero-order chi connectivity index (χ0) is 22.2. The van der Waals surface area contributed by atoms with Crippen molar-refractivity contribution in [1.29, 1.82) is 0 Å². The molecule has 0 fully saturated rings. The van der Waals surface area contributed by atoms with Crippen LogP contribution in [0.2, 0.25) is 10.0 Å². The van der Waals surface area contributed by atoms with Crippen LogP contribution >= 0.6 is 23.2 Å². The highest BCUT2D eigenvalue weighted by Crippen LogP contribution is 2.23. The molecule has 158 valence electrons. The summed E-state index contributed by atoms with van der Waals surface area (Å²) in [7, 11) is 0. The minimum absolute atomic E-state index is 0.0987. The van der Waals surface area contributed by atoms with Gasteiger partial charge in [0.2, 0.25) is 0 Å². The van der Waals surface area contributed by atoms with E-state index >= 15 is 0 Å². The second kappa shape index (κ2) is 10.6. The number of rotatable bonds is 6. The number of nitrogens with zero attached hydrogens (tertiary/aromatic N) is 1. The van der Waals surface area contributed by atoms with Gasteiger partial charge in [-0.1, -0.05) is 53.5 Å². The Kier molecular flexibility index (Phi) is 7.59. The highest BCUT2D eigenvalue weighted by Gasteiger charge is 2.14. The maximum Gasteiger partial charge on any atom is 0.329 e. The predicted octanol–water partition coefficient (Wildman–Crippen LogP) is 4.80. The average Bonchev–Trinajstić information content (AvgIpc) is 2.76. The third-order valence-corrected chi connectivity index (χ3v) is 4.69. The van der Waals surface area contributed by atoms with E-state index in [4.69, 9.17) is 27.9 Å². The smallest absolute Gasteiger partial charge is 0.329 e. The number of ether oxygens (including phenoxy) is 1. The van der Waals surface area contributed by atoms with Gasteiger partial charge in [-0.15, -0.1) is 0 Å². The second-order valence-corrected chi connectivity index (χ2v) is 7.06. The van der Waals surface area contributed by atoms with E-state index in [9.17, 15) is 14.0 Å². The van der Waals surface area contributed by atoms with Gasteiger partial charge in [0.05, 0.1) is 21.9 Å². The molecular weight excluding hydrogens is 444 g/mol. The van der Waals surface area contributed by atoms with Crippen molar-refractivity contribution in [3.8, 4) is 5.75 Å². The second-order valence-electron chi connectivity index (χ2n) is 6.24. The van der Waals surface area contributed by atoms with E-state index in [2.05, 4.69) is 15.8 Å². The molecule has 0 unspecified atom stereocenters. The summed E-state index contributed by atoms with van der Waals surface area (Å²) in [6, 6.07) is 17.7. The fourth-order valence-corrected chi connectivity index (χ4v) is 2.76. The maximum atomic E-state index is 13.5. The van der Waals surface area contributed by atoms with Crippen LogP contribution in [0, 0.1) is 5.82 Å². The molecule has 0 aliphatic heterocycles. The molecule has 6 nitrogen and oxygen atoms in total. The Morgan fingerprint density at radius 2 is 1.77 bits per heavy atom. The number of hydrogen-bond acceptors (Lipinski definition) is 4. The number of nitrogens with one attached hydrogen (secondary N) is 2. The molecule has 0 aliphatic rings. The first-order valence-electron chi connectivity index (χ1n) is 8.98. The van der Waals surface area contributed by atoms with Crippen LogP contribution in [0.5, 0.6) is 5.75 Å². The third kappa shape index (κ3) is 6.53. The van der Waals surface area contributed by atoms with E-state index in [-0.39, 0.29) is 12.3 Å². The molecule has 0 radical (unpaired) electrons. The Balaban J connectivity index is 1.53. The standard InChI is InChI=1S/C22H16Cl2FN3O3/c23-17-9-8-15(11-18(17)24)13-31-16-5-3-4-14(10-16)12-26-28-22(30)21(29)27-20-7-2-1-6-19(20)25/h1-12H,13H2,(H,27,29)(H,28,30)/b26-12-. The fourth-order valence-electron chi connectivity index (χ4n) is 2.44. The number of halogens is 3. The number of para-hydroxylation sites is 1. The topological polar surface area (TPSA) is 79.8 Å². The molecule has 2 N–H and O–H groups in total. The van der Waals surface area contributed by atoms with Gasteiger partial charge in [-0.05, 0) is 47.5 Å². The largest absolute Gasteiger partial charge is 0.489 e. The van der Waals surface area contributed by atoms with Gasteiger partial charge in [0.1, 0.15) is 18.2 Å². The van der Waals surface area contributed by atoms with E-state index in [0.717, 1.165) is 5.56 Å². The molecule has 3 aromatic carbocycles. The predicted molar refractivity (Wildman–Crippen MR) is 118 cm³/mol. The van der Waals surface area contributed by atoms with Crippen LogP contribution in [0.1, 0.15) is 11.1 Å². The van der Waals surface area contributed by atoms with Crippen molar-refractivity contribution in [1.82, 2.24) is 5.43 Å². The summed E-state index contributed by atoms with van der Waals surface area (Å²) in [6.07, 6.45) is 1.35. The SMILES string of the molecule is O=C(N/N=C\c1cccc(OCc2ccc(Cl)c(Cl)c2)c1)C(=O)Nc1ccccc1F. The van der Waals surface area contributed by atoms with Gasteiger partial charge < -0.3 is 10.1 Å². The zero-order valence-corrected chi connectivity index (χ0v) is 17.5. The van der Waals surface area contributed by atoms with Gasteiger partial charge in [0.15, 0.2) is 0 Å². The number of amides is 2. The summed E-state index contributed by atoms with van der Waals surface area (Å²) in [5.41, 5.74) is 3.46. The van der Waals surface area contributed by atoms with Crippen molar-refractivity contribution in [3.63, 3.8) is 0 Å². The number of hydrogen-bond donors (Lipinski definition) is 2. The van der Waals surface area contributed by atoms with Crippen molar-refractivity contribution in [2.75, 3.05) is 5.32 Å². The Labute approximate surface area is 187 Å². The lowest BCUT2D eigenvalue weighted by molar-refractivity contribution is -0.136. The summed E-state index contributed by atoms with van der Waals surface area (Å²) < 4.78 is 19.3. The zero-order valence-electron chi connectivity index (χ0n) is 15.9. The van der Waals surface area contributed by atoms with E-state index in [1.165, 1.54) is 30.5 Å². The molecular formula is C22H16Cl2FN3O3. The molecule has 9 heteroatoms. The number of carbonyl (C=O) groups excluding carboxylic acids is 2. The van der Waals surface area contributed by atoms with Gasteiger partial charge >= 0.3 is 11.8 Å². The number of anilines is 1. The molecule has 0 spiro atoms.